The third-order valence-electron chi connectivity index (χ3n) is 14.4. The number of rotatable bonds is 50. The first-order valence-electron chi connectivity index (χ1n) is 28.9. The summed E-state index contributed by atoms with van der Waals surface area (Å²) in [5.41, 5.74) is 0. The van der Waals surface area contributed by atoms with Crippen molar-refractivity contribution in [1.82, 2.24) is 9.80 Å². The molecule has 0 saturated heterocycles. The Balaban J connectivity index is 2.45. The van der Waals surface area contributed by atoms with E-state index in [1.165, 1.54) is 212 Å². The number of ether oxygens (including phenoxy) is 3. The number of aliphatic hydroxyl groups excluding tert-OH is 1. The zero-order chi connectivity index (χ0) is 47.1. The van der Waals surface area contributed by atoms with E-state index in [9.17, 15) is 14.7 Å². The van der Waals surface area contributed by atoms with Crippen molar-refractivity contribution in [3.63, 3.8) is 0 Å². The van der Waals surface area contributed by atoms with Crippen LogP contribution in [0.2, 0.25) is 0 Å². The van der Waals surface area contributed by atoms with E-state index in [0.29, 0.717) is 63.7 Å². The van der Waals surface area contributed by atoms with Crippen molar-refractivity contribution in [2.24, 2.45) is 11.8 Å². The lowest BCUT2D eigenvalue weighted by molar-refractivity contribution is -0.147. The first-order valence-corrected chi connectivity index (χ1v) is 28.9. The Morgan fingerprint density at radius 3 is 1.35 bits per heavy atom. The first kappa shape index (κ1) is 61.8. The Kier molecular flexibility index (Phi) is 45.5. The summed E-state index contributed by atoms with van der Waals surface area (Å²) in [6, 6.07) is 0.623. The molecule has 0 amide bonds. The van der Waals surface area contributed by atoms with Gasteiger partial charge in [-0.15, -0.1) is 0 Å². The number of hydrogen-bond donors (Lipinski definition) is 1. The summed E-state index contributed by atoms with van der Waals surface area (Å²) in [6.45, 7) is 15.6. The molecule has 1 rings (SSSR count). The van der Waals surface area contributed by atoms with Gasteiger partial charge in [-0.3, -0.25) is 19.4 Å². The van der Waals surface area contributed by atoms with Gasteiger partial charge in [0, 0.05) is 38.6 Å². The molecule has 0 radical (unpaired) electrons. The molecular weight excluding hydrogens is 809 g/mol. The van der Waals surface area contributed by atoms with Gasteiger partial charge in [0.15, 0.2) is 0 Å². The van der Waals surface area contributed by atoms with Crippen molar-refractivity contribution < 1.29 is 28.9 Å². The van der Waals surface area contributed by atoms with E-state index in [1.54, 1.807) is 0 Å². The second-order valence-corrected chi connectivity index (χ2v) is 20.4. The van der Waals surface area contributed by atoms with Gasteiger partial charge >= 0.3 is 11.9 Å². The molecule has 1 saturated carbocycles. The third-order valence-corrected chi connectivity index (χ3v) is 14.4. The van der Waals surface area contributed by atoms with Crippen LogP contribution in [0.1, 0.15) is 272 Å². The highest BCUT2D eigenvalue weighted by atomic mass is 16.5. The lowest BCUT2D eigenvalue weighted by Gasteiger charge is -2.36. The molecular formula is C57H112N2O6. The lowest BCUT2D eigenvalue weighted by Crippen LogP contribution is -2.43. The molecule has 1 N–H and O–H groups in total. The molecule has 386 valence electrons. The van der Waals surface area contributed by atoms with Gasteiger partial charge < -0.3 is 19.3 Å². The predicted octanol–water partition coefficient (Wildman–Crippen LogP) is 15.2. The van der Waals surface area contributed by atoms with E-state index < -0.39 is 0 Å². The van der Waals surface area contributed by atoms with Crippen molar-refractivity contribution in [3.05, 3.63) is 0 Å². The molecule has 1 aliphatic rings. The molecule has 0 aromatic carbocycles. The third kappa shape index (κ3) is 39.3. The number of unbranched alkanes of at least 4 members (excludes halogenated alkanes) is 22. The molecule has 0 bridgehead atoms. The van der Waals surface area contributed by atoms with Crippen LogP contribution in [0.5, 0.6) is 0 Å². The van der Waals surface area contributed by atoms with Crippen LogP contribution in [-0.4, -0.2) is 98.6 Å². The van der Waals surface area contributed by atoms with E-state index in [2.05, 4.69) is 37.5 Å². The van der Waals surface area contributed by atoms with Crippen LogP contribution in [0, 0.1) is 11.8 Å². The maximum absolute atomic E-state index is 12.9. The normalized spacial score (nSPS) is 13.6. The summed E-state index contributed by atoms with van der Waals surface area (Å²) >= 11 is 0. The summed E-state index contributed by atoms with van der Waals surface area (Å²) in [7, 11) is 0. The highest BCUT2D eigenvalue weighted by Crippen LogP contribution is 2.24. The molecule has 0 aliphatic heterocycles. The van der Waals surface area contributed by atoms with Gasteiger partial charge in [0.1, 0.15) is 0 Å². The van der Waals surface area contributed by atoms with Crippen LogP contribution in [-0.2, 0) is 23.8 Å². The smallest absolute Gasteiger partial charge is 0.308 e. The Labute approximate surface area is 404 Å². The van der Waals surface area contributed by atoms with Gasteiger partial charge in [-0.05, 0) is 69.7 Å². The van der Waals surface area contributed by atoms with Gasteiger partial charge in [0.25, 0.3) is 0 Å². The second-order valence-electron chi connectivity index (χ2n) is 20.4. The molecule has 0 aromatic heterocycles. The van der Waals surface area contributed by atoms with Crippen LogP contribution in [0.3, 0.4) is 0 Å². The van der Waals surface area contributed by atoms with E-state index in [0.717, 1.165) is 45.4 Å². The van der Waals surface area contributed by atoms with Crippen molar-refractivity contribution in [1.29, 1.82) is 0 Å². The minimum absolute atomic E-state index is 0.00460. The summed E-state index contributed by atoms with van der Waals surface area (Å²) in [6.07, 6.45) is 46.5. The van der Waals surface area contributed by atoms with Crippen molar-refractivity contribution in [2.75, 3.05) is 65.8 Å². The van der Waals surface area contributed by atoms with Crippen molar-refractivity contribution in [3.8, 4) is 0 Å². The van der Waals surface area contributed by atoms with E-state index in [-0.39, 0.29) is 18.5 Å². The summed E-state index contributed by atoms with van der Waals surface area (Å²) in [4.78, 5) is 30.6. The van der Waals surface area contributed by atoms with Crippen molar-refractivity contribution in [2.45, 2.75) is 278 Å². The number of carbonyl (C=O) groups excluding carboxylic acids is 2. The molecule has 8 nitrogen and oxygen atoms in total. The molecule has 0 atom stereocenters. The zero-order valence-electron chi connectivity index (χ0n) is 44.1. The van der Waals surface area contributed by atoms with Crippen LogP contribution in [0.15, 0.2) is 0 Å². The minimum Gasteiger partial charge on any atom is -0.465 e. The van der Waals surface area contributed by atoms with Gasteiger partial charge in [-0.25, -0.2) is 0 Å². The van der Waals surface area contributed by atoms with Gasteiger partial charge in [-0.1, -0.05) is 207 Å². The molecule has 0 spiro atoms. The molecule has 0 heterocycles. The van der Waals surface area contributed by atoms with E-state index >= 15 is 0 Å². The number of carbonyl (C=O) groups is 2. The Morgan fingerprint density at radius 1 is 0.462 bits per heavy atom. The monoisotopic (exact) mass is 921 g/mol. The topological polar surface area (TPSA) is 88.5 Å². The number of aliphatic hydroxyl groups is 1. The second kappa shape index (κ2) is 47.8. The predicted molar refractivity (Wildman–Crippen MR) is 277 cm³/mol. The fourth-order valence-corrected chi connectivity index (χ4v) is 9.92. The lowest BCUT2D eigenvalue weighted by atomic mass is 9.94. The number of nitrogens with zero attached hydrogens (tertiary/aromatic N) is 2. The van der Waals surface area contributed by atoms with Gasteiger partial charge in [0.2, 0.25) is 0 Å². The number of hydrogen-bond acceptors (Lipinski definition) is 8. The van der Waals surface area contributed by atoms with Crippen LogP contribution in [0.4, 0.5) is 0 Å². The summed E-state index contributed by atoms with van der Waals surface area (Å²) in [5.74, 6) is 0.848. The van der Waals surface area contributed by atoms with Gasteiger partial charge in [0.05, 0.1) is 39.5 Å². The minimum atomic E-state index is -0.139. The van der Waals surface area contributed by atoms with E-state index in [4.69, 9.17) is 14.2 Å². The standard InChI is InChI=1S/C57H112N2O6/c1-5-9-13-17-21-27-35-53(36-28-22-18-14-10-6-2)51-64-56(61)41-33-26-34-43-59(55-39-31-25-32-40-55)45-44-58(46-48-60)47-50-63-49-42-57(62)65-52-54(37-29-23-19-15-11-7-3)38-30-24-20-16-12-8-4/h53-55,60H,5-52H2,1-4H3. The first-order chi connectivity index (χ1) is 32.0. The Morgan fingerprint density at radius 2 is 0.892 bits per heavy atom. The average Bonchev–Trinajstić information content (AvgIpc) is 3.32. The van der Waals surface area contributed by atoms with Crippen LogP contribution in [0.25, 0.3) is 0 Å². The van der Waals surface area contributed by atoms with Gasteiger partial charge in [-0.2, -0.15) is 0 Å². The SMILES string of the molecule is CCCCCCCCC(CCCCCCCC)COC(=O)CCCCCN(CCN(CCO)CCOCCC(=O)OCC(CCCCCCCC)CCCCCCCC)C1CCCCC1. The summed E-state index contributed by atoms with van der Waals surface area (Å²) in [5, 5.41) is 9.90. The maximum Gasteiger partial charge on any atom is 0.308 e. The van der Waals surface area contributed by atoms with Crippen molar-refractivity contribution >= 4 is 11.9 Å². The fourth-order valence-electron chi connectivity index (χ4n) is 9.92. The Bertz CT molecular complexity index is 976. The molecule has 1 aliphatic carbocycles. The van der Waals surface area contributed by atoms with E-state index in [1.807, 2.05) is 0 Å². The van der Waals surface area contributed by atoms with Crippen LogP contribution < -0.4 is 0 Å². The largest absolute Gasteiger partial charge is 0.465 e. The zero-order valence-corrected chi connectivity index (χ0v) is 44.1. The fraction of sp³-hybridized carbons (Fsp3) is 0.965. The number of esters is 2. The maximum atomic E-state index is 12.9. The van der Waals surface area contributed by atoms with Crippen LogP contribution >= 0.6 is 0 Å². The quantitative estimate of drug-likeness (QED) is 0.0477. The highest BCUT2D eigenvalue weighted by Gasteiger charge is 2.22. The molecule has 1 fully saturated rings. The molecule has 0 aromatic rings. The highest BCUT2D eigenvalue weighted by molar-refractivity contribution is 5.69. The molecule has 0 unspecified atom stereocenters. The summed E-state index contributed by atoms with van der Waals surface area (Å²) < 4.78 is 17.7. The Hall–Kier alpha value is -1.22. The molecule has 8 heteroatoms. The average molecular weight is 922 g/mol. The molecule has 65 heavy (non-hydrogen) atoms.